The van der Waals surface area contributed by atoms with E-state index in [4.69, 9.17) is 4.74 Å². The van der Waals surface area contributed by atoms with Crippen LogP contribution in [-0.2, 0) is 0 Å². The number of rotatable bonds is 8. The summed E-state index contributed by atoms with van der Waals surface area (Å²) in [5.41, 5.74) is 1.00. The smallest absolute Gasteiger partial charge is 0.230 e. The number of benzene rings is 1. The molecule has 1 unspecified atom stereocenters. The van der Waals surface area contributed by atoms with Gasteiger partial charge in [-0.25, -0.2) is 4.98 Å². The number of hydrogen-bond donors (Lipinski definition) is 1. The average Bonchev–Trinajstić information content (AvgIpc) is 3.14. The van der Waals surface area contributed by atoms with Gasteiger partial charge in [0.05, 0.1) is 18.0 Å². The second kappa shape index (κ2) is 7.72. The van der Waals surface area contributed by atoms with Crippen molar-refractivity contribution in [2.45, 2.75) is 13.0 Å². The van der Waals surface area contributed by atoms with Gasteiger partial charge in [0.1, 0.15) is 11.6 Å². The maximum atomic E-state index is 10.8. The van der Waals surface area contributed by atoms with Crippen LogP contribution in [0.2, 0.25) is 0 Å². The number of methoxy groups -OCH3 is 1. The second-order valence-electron chi connectivity index (χ2n) is 5.85. The predicted octanol–water partition coefficient (Wildman–Crippen LogP) is 3.58. The number of nitrogens with zero attached hydrogens (tertiary/aromatic N) is 4. The van der Waals surface area contributed by atoms with E-state index in [1.54, 1.807) is 14.0 Å². The predicted molar refractivity (Wildman–Crippen MR) is 104 cm³/mol. The third kappa shape index (κ3) is 3.36. The minimum atomic E-state index is -0.199. The van der Waals surface area contributed by atoms with Crippen LogP contribution in [0.3, 0.4) is 0 Å². The van der Waals surface area contributed by atoms with Crippen LogP contribution in [0.1, 0.15) is 22.3 Å². The van der Waals surface area contributed by atoms with Gasteiger partial charge in [-0.05, 0) is 24.6 Å². The largest absolute Gasteiger partial charge is 0.497 e. The van der Waals surface area contributed by atoms with Gasteiger partial charge in [-0.2, -0.15) is 4.52 Å². The standard InChI is InChI=1S/C19H22N4O2S/c1-5-10-22(11-6-2)16(14-8-7-9-15(12-14)25-4)17-18(24)23-19(26-17)20-13(3)21-23/h5-9,12,16,24H,1-2,10-11H2,3-4H3. The van der Waals surface area contributed by atoms with Crippen molar-refractivity contribution in [3.8, 4) is 11.6 Å². The van der Waals surface area contributed by atoms with E-state index < -0.39 is 0 Å². The van der Waals surface area contributed by atoms with Gasteiger partial charge in [0.2, 0.25) is 10.8 Å². The van der Waals surface area contributed by atoms with Gasteiger partial charge >= 0.3 is 0 Å². The number of hydrogen-bond acceptors (Lipinski definition) is 6. The van der Waals surface area contributed by atoms with Gasteiger partial charge < -0.3 is 9.84 Å². The number of aromatic hydroxyl groups is 1. The van der Waals surface area contributed by atoms with Gasteiger partial charge in [-0.15, -0.1) is 18.3 Å². The zero-order valence-electron chi connectivity index (χ0n) is 14.9. The molecule has 0 radical (unpaired) electrons. The molecule has 6 nitrogen and oxygen atoms in total. The number of aromatic nitrogens is 3. The molecular formula is C19H22N4O2S. The fourth-order valence-electron chi connectivity index (χ4n) is 2.98. The molecule has 3 aromatic rings. The summed E-state index contributed by atoms with van der Waals surface area (Å²) in [5, 5.41) is 15.1. The SMILES string of the molecule is C=CCN(CC=C)C(c1cccc(OC)c1)c1sc2nc(C)nn2c1O. The Bertz CT molecular complexity index is 921. The summed E-state index contributed by atoms with van der Waals surface area (Å²) in [5.74, 6) is 1.50. The molecule has 1 atom stereocenters. The lowest BCUT2D eigenvalue weighted by Crippen LogP contribution is -2.29. The number of ether oxygens (including phenoxy) is 1. The van der Waals surface area contributed by atoms with Crippen LogP contribution in [0.5, 0.6) is 11.6 Å². The Morgan fingerprint density at radius 1 is 1.35 bits per heavy atom. The summed E-state index contributed by atoms with van der Waals surface area (Å²) in [6.07, 6.45) is 3.68. The van der Waals surface area contributed by atoms with Crippen molar-refractivity contribution in [3.63, 3.8) is 0 Å². The maximum absolute atomic E-state index is 10.8. The van der Waals surface area contributed by atoms with Crippen molar-refractivity contribution >= 4 is 16.3 Å². The first-order valence-electron chi connectivity index (χ1n) is 8.23. The molecule has 0 saturated heterocycles. The van der Waals surface area contributed by atoms with Crippen molar-refractivity contribution in [3.05, 3.63) is 65.8 Å². The number of fused-ring (bicyclic) bond motifs is 1. The fraction of sp³-hybridized carbons (Fsp3) is 0.263. The quantitative estimate of drug-likeness (QED) is 0.614. The zero-order chi connectivity index (χ0) is 18.7. The normalized spacial score (nSPS) is 12.4. The van der Waals surface area contributed by atoms with E-state index >= 15 is 0 Å². The highest BCUT2D eigenvalue weighted by Gasteiger charge is 2.28. The van der Waals surface area contributed by atoms with E-state index in [2.05, 4.69) is 28.1 Å². The Balaban J connectivity index is 2.17. The monoisotopic (exact) mass is 370 g/mol. The van der Waals surface area contributed by atoms with Crippen molar-refractivity contribution in [2.75, 3.05) is 20.2 Å². The van der Waals surface area contributed by atoms with Gasteiger partial charge in [0.25, 0.3) is 0 Å². The molecule has 2 heterocycles. The molecule has 1 N–H and O–H groups in total. The van der Waals surface area contributed by atoms with Crippen LogP contribution in [0, 0.1) is 6.92 Å². The fourth-order valence-corrected chi connectivity index (χ4v) is 4.15. The third-order valence-corrected chi connectivity index (χ3v) is 5.13. The third-order valence-electron chi connectivity index (χ3n) is 4.06. The zero-order valence-corrected chi connectivity index (χ0v) is 15.7. The highest BCUT2D eigenvalue weighted by atomic mass is 32.1. The van der Waals surface area contributed by atoms with Crippen molar-refractivity contribution in [1.82, 2.24) is 19.5 Å². The lowest BCUT2D eigenvalue weighted by molar-refractivity contribution is 0.273. The molecule has 26 heavy (non-hydrogen) atoms. The van der Waals surface area contributed by atoms with Gasteiger partial charge in [0, 0.05) is 13.1 Å². The second-order valence-corrected chi connectivity index (χ2v) is 6.86. The van der Waals surface area contributed by atoms with Gasteiger partial charge in [-0.3, -0.25) is 4.90 Å². The van der Waals surface area contributed by atoms with E-state index in [1.807, 2.05) is 36.4 Å². The van der Waals surface area contributed by atoms with Crippen LogP contribution in [0.15, 0.2) is 49.6 Å². The van der Waals surface area contributed by atoms with Crippen molar-refractivity contribution < 1.29 is 9.84 Å². The molecule has 0 aliphatic rings. The molecule has 7 heteroatoms. The molecule has 1 aromatic carbocycles. The Hall–Kier alpha value is -2.64. The molecule has 0 bridgehead atoms. The van der Waals surface area contributed by atoms with Crippen molar-refractivity contribution in [2.24, 2.45) is 0 Å². The maximum Gasteiger partial charge on any atom is 0.230 e. The first-order chi connectivity index (χ1) is 12.6. The van der Waals surface area contributed by atoms with Crippen LogP contribution >= 0.6 is 11.3 Å². The van der Waals surface area contributed by atoms with E-state index in [-0.39, 0.29) is 11.9 Å². The lowest BCUT2D eigenvalue weighted by atomic mass is 10.0. The molecular weight excluding hydrogens is 348 g/mol. The average molecular weight is 370 g/mol. The molecule has 3 rings (SSSR count). The van der Waals surface area contributed by atoms with E-state index in [9.17, 15) is 5.11 Å². The topological polar surface area (TPSA) is 62.9 Å². The highest BCUT2D eigenvalue weighted by Crippen LogP contribution is 2.40. The summed E-state index contributed by atoms with van der Waals surface area (Å²) in [4.78, 5) is 8.00. The molecule has 0 aliphatic heterocycles. The first-order valence-corrected chi connectivity index (χ1v) is 9.05. The van der Waals surface area contributed by atoms with E-state index in [0.29, 0.717) is 23.9 Å². The summed E-state index contributed by atoms with van der Waals surface area (Å²) in [6.45, 7) is 10.8. The highest BCUT2D eigenvalue weighted by molar-refractivity contribution is 7.17. The molecule has 0 amide bonds. The molecule has 0 spiro atoms. The number of aryl methyl sites for hydroxylation is 1. The Morgan fingerprint density at radius 2 is 2.08 bits per heavy atom. The Kier molecular flexibility index (Phi) is 5.39. The van der Waals surface area contributed by atoms with E-state index in [1.165, 1.54) is 15.9 Å². The molecule has 2 aromatic heterocycles. The minimum absolute atomic E-state index is 0.108. The van der Waals surface area contributed by atoms with Crippen LogP contribution < -0.4 is 4.74 Å². The lowest BCUT2D eigenvalue weighted by Gasteiger charge is -2.29. The van der Waals surface area contributed by atoms with Crippen LogP contribution in [0.25, 0.3) is 4.96 Å². The van der Waals surface area contributed by atoms with Crippen LogP contribution in [-0.4, -0.2) is 44.8 Å². The minimum Gasteiger partial charge on any atom is -0.497 e. The molecule has 0 saturated carbocycles. The van der Waals surface area contributed by atoms with E-state index in [0.717, 1.165) is 16.2 Å². The molecule has 136 valence electrons. The van der Waals surface area contributed by atoms with Crippen LogP contribution in [0.4, 0.5) is 0 Å². The Morgan fingerprint density at radius 3 is 2.69 bits per heavy atom. The molecule has 0 fully saturated rings. The first kappa shape index (κ1) is 18.2. The van der Waals surface area contributed by atoms with Crippen molar-refractivity contribution in [1.29, 1.82) is 0 Å². The van der Waals surface area contributed by atoms with Gasteiger partial charge in [0.15, 0.2) is 0 Å². The molecule has 0 aliphatic carbocycles. The summed E-state index contributed by atoms with van der Waals surface area (Å²) < 4.78 is 6.87. The number of thiazole rings is 1. The summed E-state index contributed by atoms with van der Waals surface area (Å²) in [7, 11) is 1.64. The Labute approximate surface area is 156 Å². The summed E-state index contributed by atoms with van der Waals surface area (Å²) in [6, 6.07) is 7.64. The summed E-state index contributed by atoms with van der Waals surface area (Å²) >= 11 is 1.43. The van der Waals surface area contributed by atoms with Gasteiger partial charge in [-0.1, -0.05) is 35.6 Å².